The van der Waals surface area contributed by atoms with Gasteiger partial charge in [-0.25, -0.2) is 4.98 Å². The molecule has 0 saturated carbocycles. The maximum Gasteiger partial charge on any atom is 0.124 e. The van der Waals surface area contributed by atoms with Crippen molar-refractivity contribution in [1.82, 2.24) is 14.5 Å². The van der Waals surface area contributed by atoms with Gasteiger partial charge in [0.05, 0.1) is 39.7 Å². The number of fused-ring (bicyclic) bond motifs is 3. The lowest BCUT2D eigenvalue weighted by molar-refractivity contribution is 0.477. The summed E-state index contributed by atoms with van der Waals surface area (Å²) in [6.45, 7) is 0. The summed E-state index contributed by atoms with van der Waals surface area (Å²) in [5.74, 6) is 0.167. The second-order valence-corrected chi connectivity index (χ2v) is 14.3. The molecule has 0 radical (unpaired) electrons. The molecule has 3 aromatic heterocycles. The molecule has 0 aliphatic carbocycles. The number of para-hydroxylation sites is 4. The van der Waals surface area contributed by atoms with Crippen LogP contribution in [0.3, 0.4) is 0 Å². The van der Waals surface area contributed by atoms with Gasteiger partial charge in [0, 0.05) is 44.9 Å². The Bertz CT molecular complexity index is 3180. The zero-order chi connectivity index (χ0) is 39.0. The van der Waals surface area contributed by atoms with Gasteiger partial charge in [0.1, 0.15) is 5.75 Å². The van der Waals surface area contributed by atoms with Gasteiger partial charge in [-0.3, -0.25) is 4.98 Å². The fourth-order valence-electron chi connectivity index (χ4n) is 7.98. The molecular weight excluding hydrogens is 709 g/mol. The zero-order valence-corrected chi connectivity index (χ0v) is 31.3. The first-order valence-corrected chi connectivity index (χ1v) is 19.2. The Labute approximate surface area is 336 Å². The van der Waals surface area contributed by atoms with Crippen LogP contribution in [0.15, 0.2) is 200 Å². The van der Waals surface area contributed by atoms with Crippen molar-refractivity contribution in [3.05, 3.63) is 206 Å². The van der Waals surface area contributed by atoms with Crippen molar-refractivity contribution < 1.29 is 5.11 Å². The Balaban J connectivity index is 1.18. The van der Waals surface area contributed by atoms with E-state index in [4.69, 9.17) is 9.97 Å². The highest BCUT2D eigenvalue weighted by Gasteiger charge is 2.18. The highest BCUT2D eigenvalue weighted by Crippen LogP contribution is 2.40. The number of phenols is 1. The summed E-state index contributed by atoms with van der Waals surface area (Å²) in [4.78, 5) is 10.2. The van der Waals surface area contributed by atoms with Gasteiger partial charge < -0.3 is 9.67 Å². The highest BCUT2D eigenvalue weighted by atomic mass is 16.3. The first-order valence-electron chi connectivity index (χ1n) is 19.2. The molecule has 0 aliphatic heterocycles. The van der Waals surface area contributed by atoms with Crippen LogP contribution in [0.2, 0.25) is 0 Å². The van der Waals surface area contributed by atoms with Crippen molar-refractivity contribution >= 4 is 21.8 Å². The molecule has 0 amide bonds. The van der Waals surface area contributed by atoms with Crippen LogP contribution in [0.5, 0.6) is 5.75 Å². The van der Waals surface area contributed by atoms with Crippen LogP contribution in [0.1, 0.15) is 5.56 Å². The normalized spacial score (nSPS) is 11.2. The Morgan fingerprint density at radius 1 is 0.448 bits per heavy atom. The van der Waals surface area contributed by atoms with Crippen molar-refractivity contribution in [3.8, 4) is 84.7 Å². The summed E-state index contributed by atoms with van der Waals surface area (Å²) in [6.07, 6.45) is 1.89. The highest BCUT2D eigenvalue weighted by molar-refractivity contribution is 6.13. The first-order chi connectivity index (χ1) is 28.6. The molecule has 5 heteroatoms. The topological polar surface area (TPSA) is 74.7 Å². The third kappa shape index (κ3) is 6.25. The number of hydrogen-bond acceptors (Lipinski definition) is 4. The summed E-state index contributed by atoms with van der Waals surface area (Å²) in [6, 6.07) is 67.9. The molecule has 0 aliphatic rings. The van der Waals surface area contributed by atoms with Crippen LogP contribution in [0, 0.1) is 11.3 Å². The minimum atomic E-state index is 0.167. The fourth-order valence-corrected chi connectivity index (χ4v) is 7.98. The van der Waals surface area contributed by atoms with Crippen molar-refractivity contribution in [1.29, 1.82) is 5.26 Å². The molecule has 0 atom stereocenters. The van der Waals surface area contributed by atoms with Gasteiger partial charge in [0.15, 0.2) is 0 Å². The SMILES string of the molecule is N#Cc1ccc(-c2cc(-c3cc(-c4cccc5c6ccccc6n(-c6ccccc6)c45)ccn3)cc(-c3cc(-c4ccccc4)cc(-c4ccccc4O)n3)c2)cc1. The number of aromatic hydroxyl groups is 1. The van der Waals surface area contributed by atoms with Crippen LogP contribution in [-0.4, -0.2) is 19.6 Å². The Hall–Kier alpha value is -8.07. The van der Waals surface area contributed by atoms with Crippen molar-refractivity contribution in [2.45, 2.75) is 0 Å². The van der Waals surface area contributed by atoms with E-state index in [9.17, 15) is 10.4 Å². The van der Waals surface area contributed by atoms with Crippen molar-refractivity contribution in [3.63, 3.8) is 0 Å². The van der Waals surface area contributed by atoms with Gasteiger partial charge in [0.25, 0.3) is 0 Å². The van der Waals surface area contributed by atoms with E-state index in [0.717, 1.165) is 72.6 Å². The van der Waals surface area contributed by atoms with E-state index in [1.807, 2.05) is 79.0 Å². The van der Waals surface area contributed by atoms with E-state index in [0.29, 0.717) is 16.8 Å². The lowest BCUT2D eigenvalue weighted by Crippen LogP contribution is -1.96. The number of phenolic OH excluding ortho intramolecular Hbond substituents is 1. The quantitative estimate of drug-likeness (QED) is 0.176. The molecule has 0 bridgehead atoms. The molecule has 5 nitrogen and oxygen atoms in total. The molecule has 0 fully saturated rings. The largest absolute Gasteiger partial charge is 0.507 e. The predicted octanol–water partition coefficient (Wildman–Crippen LogP) is 13.2. The van der Waals surface area contributed by atoms with Crippen LogP contribution >= 0.6 is 0 Å². The van der Waals surface area contributed by atoms with Crippen LogP contribution in [0.25, 0.3) is 94.6 Å². The average molecular weight is 743 g/mol. The molecule has 3 heterocycles. The predicted molar refractivity (Wildman–Crippen MR) is 235 cm³/mol. The molecule has 1 N–H and O–H groups in total. The summed E-state index contributed by atoms with van der Waals surface area (Å²) >= 11 is 0. The van der Waals surface area contributed by atoms with E-state index in [1.54, 1.807) is 6.07 Å². The third-order valence-corrected chi connectivity index (χ3v) is 10.8. The minimum Gasteiger partial charge on any atom is -0.507 e. The minimum absolute atomic E-state index is 0.167. The summed E-state index contributed by atoms with van der Waals surface area (Å²) < 4.78 is 2.36. The standard InChI is InChI=1S/C53H34N4O/c54-34-35-22-24-37(25-23-35)39-28-41(30-42(29-39)49-32-40(36-12-3-1-4-13-36)33-50(56-49)47-17-8-10-21-52(47)58)48-31-38(26-27-55-48)44-18-11-19-46-45-16-7-9-20-51(45)57(53(44)46)43-14-5-2-6-15-43/h1-33,58H. The Morgan fingerprint density at radius 3 is 1.84 bits per heavy atom. The number of rotatable bonds is 7. The molecule has 0 spiro atoms. The summed E-state index contributed by atoms with van der Waals surface area (Å²) in [5.41, 5.74) is 14.8. The number of pyridine rings is 2. The van der Waals surface area contributed by atoms with Crippen molar-refractivity contribution in [2.24, 2.45) is 0 Å². The number of nitriles is 1. The maximum atomic E-state index is 11.0. The first kappa shape index (κ1) is 34.4. The second kappa shape index (κ2) is 14.5. The van der Waals surface area contributed by atoms with Gasteiger partial charge in [-0.05, 0) is 113 Å². The van der Waals surface area contributed by atoms with Gasteiger partial charge in [-0.2, -0.15) is 5.26 Å². The second-order valence-electron chi connectivity index (χ2n) is 14.3. The van der Waals surface area contributed by atoms with E-state index in [1.165, 1.54) is 10.8 Å². The van der Waals surface area contributed by atoms with E-state index >= 15 is 0 Å². The van der Waals surface area contributed by atoms with Crippen LogP contribution < -0.4 is 0 Å². The van der Waals surface area contributed by atoms with Crippen molar-refractivity contribution in [2.75, 3.05) is 0 Å². The Morgan fingerprint density at radius 2 is 1.05 bits per heavy atom. The molecule has 10 aromatic rings. The molecule has 7 aromatic carbocycles. The average Bonchev–Trinajstić information content (AvgIpc) is 3.64. The molecule has 0 saturated heterocycles. The number of aromatic nitrogens is 3. The molecule has 10 rings (SSSR count). The van der Waals surface area contributed by atoms with Gasteiger partial charge in [-0.15, -0.1) is 0 Å². The number of nitrogens with zero attached hydrogens (tertiary/aromatic N) is 4. The molecule has 58 heavy (non-hydrogen) atoms. The third-order valence-electron chi connectivity index (χ3n) is 10.8. The fraction of sp³-hybridized carbons (Fsp3) is 0. The van der Waals surface area contributed by atoms with Crippen LogP contribution in [-0.2, 0) is 0 Å². The Kier molecular flexibility index (Phi) is 8.63. The lowest BCUT2D eigenvalue weighted by Gasteiger charge is -2.15. The van der Waals surface area contributed by atoms with E-state index in [2.05, 4.69) is 126 Å². The smallest absolute Gasteiger partial charge is 0.124 e. The molecule has 272 valence electrons. The number of hydrogen-bond donors (Lipinski definition) is 1. The molecule has 0 unspecified atom stereocenters. The zero-order valence-electron chi connectivity index (χ0n) is 31.3. The monoisotopic (exact) mass is 742 g/mol. The van der Waals surface area contributed by atoms with E-state index in [-0.39, 0.29) is 5.75 Å². The van der Waals surface area contributed by atoms with Crippen LogP contribution in [0.4, 0.5) is 0 Å². The molecular formula is C53H34N4O. The summed E-state index contributed by atoms with van der Waals surface area (Å²) in [5, 5.41) is 22.9. The van der Waals surface area contributed by atoms with Gasteiger partial charge in [0.2, 0.25) is 0 Å². The van der Waals surface area contributed by atoms with Gasteiger partial charge in [-0.1, -0.05) is 109 Å². The van der Waals surface area contributed by atoms with Gasteiger partial charge >= 0.3 is 0 Å². The van der Waals surface area contributed by atoms with E-state index < -0.39 is 0 Å². The maximum absolute atomic E-state index is 11.0. The number of benzene rings is 7. The summed E-state index contributed by atoms with van der Waals surface area (Å²) in [7, 11) is 0. The lowest BCUT2D eigenvalue weighted by atomic mass is 9.93.